The molecule has 0 aromatic carbocycles. The number of rotatable bonds is 9. The highest BCUT2D eigenvalue weighted by Crippen LogP contribution is 2.08. The third-order valence-electron chi connectivity index (χ3n) is 2.31. The van der Waals surface area contributed by atoms with Crippen molar-refractivity contribution in [2.75, 3.05) is 6.54 Å². The van der Waals surface area contributed by atoms with Gasteiger partial charge in [-0.2, -0.15) is 0 Å². The van der Waals surface area contributed by atoms with Crippen molar-refractivity contribution in [3.8, 4) is 0 Å². The average Bonchev–Trinajstić information content (AvgIpc) is 2.10. The molecule has 0 saturated carbocycles. The lowest BCUT2D eigenvalue weighted by molar-refractivity contribution is 0.578. The molecule has 0 heterocycles. The van der Waals surface area contributed by atoms with Crippen LogP contribution in [0.2, 0.25) is 6.04 Å². The molecule has 2 heteroatoms. The lowest BCUT2D eigenvalue weighted by atomic mass is 10.1. The van der Waals surface area contributed by atoms with Gasteiger partial charge in [0.2, 0.25) is 0 Å². The van der Waals surface area contributed by atoms with E-state index in [-0.39, 0.29) is 0 Å². The lowest BCUT2D eigenvalue weighted by Crippen LogP contribution is -1.97. The van der Waals surface area contributed by atoms with Gasteiger partial charge in [0.25, 0.3) is 0 Å². The van der Waals surface area contributed by atoms with Gasteiger partial charge in [0.05, 0.1) is 0 Å². The van der Waals surface area contributed by atoms with Gasteiger partial charge in [-0.1, -0.05) is 51.0 Å². The lowest BCUT2D eigenvalue weighted by Gasteiger charge is -1.99. The van der Waals surface area contributed by atoms with E-state index in [4.69, 9.17) is 5.73 Å². The normalized spacial score (nSPS) is 10.8. The van der Waals surface area contributed by atoms with Crippen molar-refractivity contribution in [3.05, 3.63) is 0 Å². The molecule has 0 aromatic heterocycles. The summed E-state index contributed by atoms with van der Waals surface area (Å²) < 4.78 is 0. The topological polar surface area (TPSA) is 26.0 Å². The molecule has 1 nitrogen and oxygen atoms in total. The van der Waals surface area contributed by atoms with Crippen LogP contribution in [0, 0.1) is 0 Å². The van der Waals surface area contributed by atoms with Gasteiger partial charge in [-0.05, 0) is 13.0 Å². The molecule has 0 aliphatic heterocycles. The van der Waals surface area contributed by atoms with Crippen LogP contribution in [0.15, 0.2) is 0 Å². The van der Waals surface area contributed by atoms with E-state index in [1.807, 2.05) is 0 Å². The summed E-state index contributed by atoms with van der Waals surface area (Å²) in [5, 5.41) is 0. The van der Waals surface area contributed by atoms with Gasteiger partial charge < -0.3 is 5.73 Å². The van der Waals surface area contributed by atoms with Gasteiger partial charge in [0.1, 0.15) is 0 Å². The van der Waals surface area contributed by atoms with Crippen molar-refractivity contribution in [1.82, 2.24) is 0 Å². The molecule has 0 aliphatic rings. The second kappa shape index (κ2) is 11.2. The van der Waals surface area contributed by atoms with Crippen molar-refractivity contribution in [3.63, 3.8) is 0 Å². The van der Waals surface area contributed by atoms with Crippen LogP contribution >= 0.6 is 0 Å². The Balaban J connectivity index is 2.73. The Morgan fingerprint density at radius 2 is 1.08 bits per heavy atom. The number of hydrogen-bond donors (Lipinski definition) is 1. The Bertz CT molecular complexity index is 66.2. The zero-order chi connectivity index (χ0) is 9.07. The Morgan fingerprint density at radius 1 is 0.667 bits per heavy atom. The second-order valence-electron chi connectivity index (χ2n) is 3.62. The molecule has 0 radical (unpaired) electrons. The predicted molar refractivity (Wildman–Crippen MR) is 60.7 cm³/mol. The summed E-state index contributed by atoms with van der Waals surface area (Å²) in [5.41, 5.74) is 5.41. The molecule has 2 N–H and O–H groups in total. The minimum Gasteiger partial charge on any atom is -0.330 e. The Kier molecular flexibility index (Phi) is 11.3. The fourth-order valence-corrected chi connectivity index (χ4v) is 1.95. The Hall–Kier alpha value is 0.177. The summed E-state index contributed by atoms with van der Waals surface area (Å²) in [6, 6.07) is 1.49. The van der Waals surface area contributed by atoms with Crippen molar-refractivity contribution >= 4 is 10.2 Å². The van der Waals surface area contributed by atoms with E-state index in [1.165, 1.54) is 67.7 Å². The molecule has 12 heavy (non-hydrogen) atoms. The van der Waals surface area contributed by atoms with Gasteiger partial charge in [-0.25, -0.2) is 0 Å². The SMILES string of the molecule is NCCCCCCCCCC[SiH3]. The highest BCUT2D eigenvalue weighted by Gasteiger charge is 1.90. The summed E-state index contributed by atoms with van der Waals surface area (Å²) in [4.78, 5) is 0. The fourth-order valence-electron chi connectivity index (χ4n) is 1.45. The maximum Gasteiger partial charge on any atom is 0.00279 e. The summed E-state index contributed by atoms with van der Waals surface area (Å²) in [7, 11) is 1.40. The molecule has 0 aliphatic carbocycles. The molecule has 0 unspecified atom stereocenters. The van der Waals surface area contributed by atoms with Crippen LogP contribution in [-0.4, -0.2) is 16.8 Å². The zero-order valence-corrected chi connectivity index (χ0v) is 10.6. The molecule has 0 atom stereocenters. The summed E-state index contributed by atoms with van der Waals surface area (Å²) in [5.74, 6) is 0. The Labute approximate surface area is 80.5 Å². The molecule has 0 bridgehead atoms. The Morgan fingerprint density at radius 3 is 1.50 bits per heavy atom. The van der Waals surface area contributed by atoms with E-state index in [9.17, 15) is 0 Å². The van der Waals surface area contributed by atoms with E-state index in [0.29, 0.717) is 0 Å². The maximum atomic E-state index is 5.41. The molecule has 0 rings (SSSR count). The van der Waals surface area contributed by atoms with Gasteiger partial charge in [0.15, 0.2) is 0 Å². The molecule has 0 amide bonds. The van der Waals surface area contributed by atoms with Gasteiger partial charge in [-0.3, -0.25) is 0 Å². The van der Waals surface area contributed by atoms with Crippen LogP contribution in [0.25, 0.3) is 0 Å². The van der Waals surface area contributed by atoms with Crippen LogP contribution in [0.5, 0.6) is 0 Å². The second-order valence-corrected chi connectivity index (χ2v) is 4.62. The van der Waals surface area contributed by atoms with Crippen LogP contribution in [0.4, 0.5) is 0 Å². The number of hydrogen-bond acceptors (Lipinski definition) is 1. The van der Waals surface area contributed by atoms with Gasteiger partial charge in [0, 0.05) is 10.2 Å². The first-order valence-corrected chi connectivity index (χ1v) is 7.03. The largest absolute Gasteiger partial charge is 0.330 e. The molecular formula is C10H25NSi. The van der Waals surface area contributed by atoms with Crippen LogP contribution in [0.3, 0.4) is 0 Å². The first-order chi connectivity index (χ1) is 5.91. The zero-order valence-electron chi connectivity index (χ0n) is 8.65. The quantitative estimate of drug-likeness (QED) is 0.433. The molecule has 74 valence electrons. The third kappa shape index (κ3) is 10.2. The van der Waals surface area contributed by atoms with E-state index in [2.05, 4.69) is 0 Å². The highest BCUT2D eigenvalue weighted by atomic mass is 28.1. The smallest absolute Gasteiger partial charge is 0.00279 e. The van der Waals surface area contributed by atoms with E-state index in [1.54, 1.807) is 0 Å². The third-order valence-corrected chi connectivity index (χ3v) is 3.01. The van der Waals surface area contributed by atoms with Crippen LogP contribution in [-0.2, 0) is 0 Å². The number of nitrogens with two attached hydrogens (primary N) is 1. The summed E-state index contributed by atoms with van der Waals surface area (Å²) >= 11 is 0. The minimum atomic E-state index is 0.875. The van der Waals surface area contributed by atoms with Crippen LogP contribution in [0.1, 0.15) is 51.4 Å². The van der Waals surface area contributed by atoms with E-state index >= 15 is 0 Å². The van der Waals surface area contributed by atoms with Crippen molar-refractivity contribution in [2.24, 2.45) is 5.73 Å². The summed E-state index contributed by atoms with van der Waals surface area (Å²) in [6.07, 6.45) is 11.3. The van der Waals surface area contributed by atoms with Crippen LogP contribution < -0.4 is 5.73 Å². The standard InChI is InChI=1S/C10H25NSi/c11-9-7-5-3-1-2-4-6-8-10-12/h1-11H2,12H3. The first-order valence-electron chi connectivity index (χ1n) is 5.62. The molecule has 0 fully saturated rings. The number of unbranched alkanes of at least 4 members (excludes halogenated alkanes) is 7. The summed E-state index contributed by atoms with van der Waals surface area (Å²) in [6.45, 7) is 0.875. The average molecular weight is 187 g/mol. The minimum absolute atomic E-state index is 0.875. The van der Waals surface area contributed by atoms with E-state index in [0.717, 1.165) is 6.54 Å². The van der Waals surface area contributed by atoms with E-state index < -0.39 is 0 Å². The molecule has 0 aromatic rings. The highest BCUT2D eigenvalue weighted by molar-refractivity contribution is 6.08. The maximum absolute atomic E-state index is 5.41. The predicted octanol–water partition coefficient (Wildman–Crippen LogP) is 1.85. The van der Waals surface area contributed by atoms with Crippen molar-refractivity contribution in [2.45, 2.75) is 57.4 Å². The first kappa shape index (κ1) is 12.2. The monoisotopic (exact) mass is 187 g/mol. The molecule has 0 saturated heterocycles. The van der Waals surface area contributed by atoms with Crippen molar-refractivity contribution < 1.29 is 0 Å². The fraction of sp³-hybridized carbons (Fsp3) is 1.00. The molecule has 0 spiro atoms. The van der Waals surface area contributed by atoms with Crippen molar-refractivity contribution in [1.29, 1.82) is 0 Å². The van der Waals surface area contributed by atoms with Gasteiger partial charge >= 0.3 is 0 Å². The molecular weight excluding hydrogens is 162 g/mol. The van der Waals surface area contributed by atoms with Gasteiger partial charge in [-0.15, -0.1) is 0 Å².